The van der Waals surface area contributed by atoms with Crippen LogP contribution in [-0.4, -0.2) is 53.5 Å². The average Bonchev–Trinajstić information content (AvgIpc) is 2.52. The summed E-state index contributed by atoms with van der Waals surface area (Å²) in [5.74, 6) is -0.0217. The topological polar surface area (TPSA) is 43.8 Å². The van der Waals surface area contributed by atoms with Crippen molar-refractivity contribution in [1.82, 2.24) is 9.80 Å². The largest absolute Gasteiger partial charge is 0.506 e. The van der Waals surface area contributed by atoms with Crippen LogP contribution in [0.2, 0.25) is 5.02 Å². The third kappa shape index (κ3) is 3.19. The van der Waals surface area contributed by atoms with Crippen molar-refractivity contribution in [1.29, 1.82) is 0 Å². The number of nitrogens with zero attached hydrogens (tertiary/aromatic N) is 2. The Bertz CT molecular complexity index is 479. The first-order valence-electron chi connectivity index (χ1n) is 6.47. The van der Waals surface area contributed by atoms with E-state index in [-0.39, 0.29) is 22.7 Å². The fourth-order valence-electron chi connectivity index (χ4n) is 2.48. The lowest BCUT2D eigenvalue weighted by atomic mass is 10.1. The number of rotatable bonds is 1. The molecule has 0 aromatic heterocycles. The molecule has 1 unspecified atom stereocenters. The van der Waals surface area contributed by atoms with Gasteiger partial charge in [-0.05, 0) is 45.1 Å². The van der Waals surface area contributed by atoms with E-state index in [2.05, 4.69) is 18.9 Å². The van der Waals surface area contributed by atoms with Gasteiger partial charge in [0.25, 0.3) is 5.91 Å². The van der Waals surface area contributed by atoms with Gasteiger partial charge in [0, 0.05) is 24.7 Å². The summed E-state index contributed by atoms with van der Waals surface area (Å²) >= 11 is 5.86. The lowest BCUT2D eigenvalue weighted by Crippen LogP contribution is -2.41. The summed E-state index contributed by atoms with van der Waals surface area (Å²) in [5.41, 5.74) is 0.527. The van der Waals surface area contributed by atoms with Gasteiger partial charge in [-0.15, -0.1) is 0 Å². The molecule has 1 aromatic carbocycles. The molecule has 5 heteroatoms. The van der Waals surface area contributed by atoms with Crippen molar-refractivity contribution in [2.75, 3.05) is 26.7 Å². The molecule has 19 heavy (non-hydrogen) atoms. The van der Waals surface area contributed by atoms with Crippen LogP contribution in [-0.2, 0) is 0 Å². The Labute approximate surface area is 118 Å². The van der Waals surface area contributed by atoms with E-state index in [1.165, 1.54) is 12.1 Å². The lowest BCUT2D eigenvalue weighted by Gasteiger charge is -2.28. The number of aromatic hydroxyl groups is 1. The van der Waals surface area contributed by atoms with Crippen LogP contribution in [0.3, 0.4) is 0 Å². The van der Waals surface area contributed by atoms with Crippen molar-refractivity contribution in [2.45, 2.75) is 19.4 Å². The molecule has 4 nitrogen and oxygen atoms in total. The van der Waals surface area contributed by atoms with Gasteiger partial charge in [-0.2, -0.15) is 0 Å². The van der Waals surface area contributed by atoms with Gasteiger partial charge in [0.2, 0.25) is 0 Å². The smallest absolute Gasteiger partial charge is 0.254 e. The molecule has 1 fully saturated rings. The molecular weight excluding hydrogens is 264 g/mol. The maximum atomic E-state index is 12.5. The minimum atomic E-state index is -0.0234. The zero-order valence-corrected chi connectivity index (χ0v) is 12.0. The number of hydrogen-bond acceptors (Lipinski definition) is 3. The van der Waals surface area contributed by atoms with E-state index in [0.29, 0.717) is 5.56 Å². The molecular formula is C14H19ClN2O2. The Morgan fingerprint density at radius 2 is 2.16 bits per heavy atom. The predicted octanol–water partition coefficient (Wildman–Crippen LogP) is 2.21. The number of phenolic OH excluding ortho intramolecular Hbond substituents is 1. The molecule has 0 saturated carbocycles. The third-order valence-corrected chi connectivity index (χ3v) is 3.81. The summed E-state index contributed by atoms with van der Waals surface area (Å²) in [6, 6.07) is 4.78. The molecule has 1 aliphatic rings. The molecule has 0 radical (unpaired) electrons. The summed E-state index contributed by atoms with van der Waals surface area (Å²) < 4.78 is 0. The highest BCUT2D eigenvalue weighted by atomic mass is 35.5. The van der Waals surface area contributed by atoms with Crippen LogP contribution in [0.4, 0.5) is 0 Å². The number of carbonyl (C=O) groups is 1. The number of carbonyl (C=O) groups excluding carboxylic acids is 1. The second kappa shape index (κ2) is 5.80. The van der Waals surface area contributed by atoms with Crippen LogP contribution in [0.1, 0.15) is 23.7 Å². The van der Waals surface area contributed by atoms with E-state index in [4.69, 9.17) is 11.6 Å². The fraction of sp³-hybridized carbons (Fsp3) is 0.500. The quantitative estimate of drug-likeness (QED) is 0.859. The van der Waals surface area contributed by atoms with Crippen LogP contribution in [0, 0.1) is 0 Å². The number of likely N-dealkylation sites (N-methyl/N-ethyl adjacent to an activating group) is 1. The fourth-order valence-corrected chi connectivity index (χ4v) is 2.66. The summed E-state index contributed by atoms with van der Waals surface area (Å²) in [6.07, 6.45) is 0.971. The van der Waals surface area contributed by atoms with Gasteiger partial charge in [-0.25, -0.2) is 0 Å². The molecule has 1 saturated heterocycles. The summed E-state index contributed by atoms with van der Waals surface area (Å²) in [4.78, 5) is 16.6. The molecule has 1 N–H and O–H groups in total. The van der Waals surface area contributed by atoms with E-state index < -0.39 is 0 Å². The van der Waals surface area contributed by atoms with Crippen LogP contribution in [0.5, 0.6) is 5.75 Å². The van der Waals surface area contributed by atoms with Gasteiger partial charge in [-0.1, -0.05) is 11.6 Å². The highest BCUT2D eigenvalue weighted by Crippen LogP contribution is 2.25. The molecule has 1 heterocycles. The van der Waals surface area contributed by atoms with Crippen molar-refractivity contribution >= 4 is 17.5 Å². The monoisotopic (exact) mass is 282 g/mol. The Morgan fingerprint density at radius 3 is 2.84 bits per heavy atom. The molecule has 0 spiro atoms. The normalized spacial score (nSPS) is 21.2. The van der Waals surface area contributed by atoms with Crippen molar-refractivity contribution in [3.63, 3.8) is 0 Å². The lowest BCUT2D eigenvalue weighted by molar-refractivity contribution is 0.0696. The average molecular weight is 283 g/mol. The minimum Gasteiger partial charge on any atom is -0.506 e. The maximum absolute atomic E-state index is 12.5. The van der Waals surface area contributed by atoms with E-state index in [9.17, 15) is 9.90 Å². The highest BCUT2D eigenvalue weighted by molar-refractivity contribution is 6.32. The summed E-state index contributed by atoms with van der Waals surface area (Å²) in [6.45, 7) is 4.69. The third-order valence-electron chi connectivity index (χ3n) is 3.50. The van der Waals surface area contributed by atoms with E-state index in [1.807, 2.05) is 4.90 Å². The molecule has 1 atom stereocenters. The molecule has 1 amide bonds. The number of amides is 1. The van der Waals surface area contributed by atoms with Crippen LogP contribution in [0.15, 0.2) is 18.2 Å². The highest BCUT2D eigenvalue weighted by Gasteiger charge is 2.25. The van der Waals surface area contributed by atoms with E-state index in [0.717, 1.165) is 26.1 Å². The summed E-state index contributed by atoms with van der Waals surface area (Å²) in [7, 11) is 2.07. The zero-order valence-electron chi connectivity index (χ0n) is 11.3. The Hall–Kier alpha value is -1.26. The van der Waals surface area contributed by atoms with Crippen molar-refractivity contribution in [2.24, 2.45) is 0 Å². The maximum Gasteiger partial charge on any atom is 0.254 e. The molecule has 0 aliphatic carbocycles. The zero-order chi connectivity index (χ0) is 14.0. The minimum absolute atomic E-state index is 0.00173. The van der Waals surface area contributed by atoms with Gasteiger partial charge in [0.1, 0.15) is 5.75 Å². The van der Waals surface area contributed by atoms with Crippen molar-refractivity contribution < 1.29 is 9.90 Å². The standard InChI is InChI=1S/C14H19ClN2O2/c1-10-9-16(2)6-3-7-17(10)14(19)11-4-5-13(18)12(15)8-11/h4-5,8,10,18H,3,6-7,9H2,1-2H3. The van der Waals surface area contributed by atoms with Crippen LogP contribution >= 0.6 is 11.6 Å². The molecule has 1 aromatic rings. The molecule has 1 aliphatic heterocycles. The first-order chi connectivity index (χ1) is 8.99. The van der Waals surface area contributed by atoms with Crippen LogP contribution < -0.4 is 0 Å². The molecule has 0 bridgehead atoms. The van der Waals surface area contributed by atoms with E-state index >= 15 is 0 Å². The van der Waals surface area contributed by atoms with Crippen molar-refractivity contribution in [3.8, 4) is 5.75 Å². The van der Waals surface area contributed by atoms with Gasteiger partial charge < -0.3 is 14.9 Å². The SMILES string of the molecule is CC1CN(C)CCCN1C(=O)c1ccc(O)c(Cl)c1. The van der Waals surface area contributed by atoms with Gasteiger partial charge in [0.05, 0.1) is 5.02 Å². The van der Waals surface area contributed by atoms with Gasteiger partial charge >= 0.3 is 0 Å². The predicted molar refractivity (Wildman–Crippen MR) is 75.7 cm³/mol. The Balaban J connectivity index is 2.20. The second-order valence-electron chi connectivity index (χ2n) is 5.13. The first kappa shape index (κ1) is 14.2. The number of halogens is 1. The number of phenols is 1. The molecule has 2 rings (SSSR count). The summed E-state index contributed by atoms with van der Waals surface area (Å²) in [5, 5.41) is 9.62. The molecule has 104 valence electrons. The van der Waals surface area contributed by atoms with Crippen molar-refractivity contribution in [3.05, 3.63) is 28.8 Å². The number of benzene rings is 1. The van der Waals surface area contributed by atoms with Crippen LogP contribution in [0.25, 0.3) is 0 Å². The van der Waals surface area contributed by atoms with Gasteiger partial charge in [-0.3, -0.25) is 4.79 Å². The van der Waals surface area contributed by atoms with Gasteiger partial charge in [0.15, 0.2) is 0 Å². The number of hydrogen-bond donors (Lipinski definition) is 1. The Kier molecular flexibility index (Phi) is 4.32. The van der Waals surface area contributed by atoms with E-state index in [1.54, 1.807) is 6.07 Å². The second-order valence-corrected chi connectivity index (χ2v) is 5.54. The Morgan fingerprint density at radius 1 is 1.42 bits per heavy atom. The first-order valence-corrected chi connectivity index (χ1v) is 6.85.